The number of hydrogen-bond donors (Lipinski definition) is 1. The highest BCUT2D eigenvalue weighted by Crippen LogP contribution is 2.37. The van der Waals surface area contributed by atoms with E-state index in [0.29, 0.717) is 28.3 Å². The van der Waals surface area contributed by atoms with Gasteiger partial charge in [0.1, 0.15) is 23.4 Å². The number of para-hydroxylation sites is 1. The monoisotopic (exact) mass is 419 g/mol. The van der Waals surface area contributed by atoms with Crippen LogP contribution in [-0.2, 0) is 0 Å². The molecule has 1 aliphatic rings. The maximum atomic E-state index is 14.4. The van der Waals surface area contributed by atoms with E-state index in [0.717, 1.165) is 0 Å². The van der Waals surface area contributed by atoms with Crippen molar-refractivity contribution in [2.75, 3.05) is 16.8 Å². The molecule has 0 aliphatic carbocycles. The van der Waals surface area contributed by atoms with Crippen LogP contribution in [0.4, 0.5) is 20.3 Å². The first-order valence-electron chi connectivity index (χ1n) is 9.95. The first kappa shape index (κ1) is 19.2. The summed E-state index contributed by atoms with van der Waals surface area (Å²) in [5, 5.41) is 7.03. The molecule has 1 unspecified atom stereocenters. The lowest BCUT2D eigenvalue weighted by Gasteiger charge is -2.25. The first-order chi connectivity index (χ1) is 15.1. The zero-order chi connectivity index (χ0) is 21.4. The Morgan fingerprint density at radius 2 is 1.94 bits per heavy atom. The summed E-state index contributed by atoms with van der Waals surface area (Å²) in [4.78, 5) is 19.2. The minimum absolute atomic E-state index is 0.143. The Kier molecular flexibility index (Phi) is 4.82. The van der Waals surface area contributed by atoms with Crippen LogP contribution in [0.15, 0.2) is 73.1 Å². The molecular weight excluding hydrogens is 400 g/mol. The quantitative estimate of drug-likeness (QED) is 0.532. The Morgan fingerprint density at radius 3 is 2.74 bits per heavy atom. The molecule has 3 heterocycles. The number of hydrogen-bond acceptors (Lipinski definition) is 4. The molecule has 4 aromatic rings. The number of alkyl halides is 1. The van der Waals surface area contributed by atoms with Gasteiger partial charge in [-0.25, -0.2) is 18.3 Å². The highest BCUT2D eigenvalue weighted by atomic mass is 19.1. The Bertz CT molecular complexity index is 1240. The summed E-state index contributed by atoms with van der Waals surface area (Å²) in [7, 11) is 0. The molecule has 8 heteroatoms. The number of aromatic nitrogens is 3. The molecule has 0 radical (unpaired) electrons. The molecule has 31 heavy (non-hydrogen) atoms. The van der Waals surface area contributed by atoms with Crippen molar-refractivity contribution in [3.8, 4) is 0 Å². The SMILES string of the molecule is O=C(Nc1ccccc1)c1cnn2ccc(N3C[C@@H](F)CC3c3cccc(F)c3)nc12. The molecule has 1 N–H and O–H groups in total. The lowest BCUT2D eigenvalue weighted by atomic mass is 10.0. The second-order valence-electron chi connectivity index (χ2n) is 7.49. The van der Waals surface area contributed by atoms with E-state index in [1.807, 2.05) is 23.1 Å². The van der Waals surface area contributed by atoms with Gasteiger partial charge in [0.15, 0.2) is 5.65 Å². The van der Waals surface area contributed by atoms with Gasteiger partial charge in [0, 0.05) is 18.3 Å². The van der Waals surface area contributed by atoms with E-state index in [2.05, 4.69) is 15.4 Å². The van der Waals surface area contributed by atoms with Crippen LogP contribution in [-0.4, -0.2) is 33.2 Å². The maximum Gasteiger partial charge on any atom is 0.261 e. The molecule has 1 aliphatic heterocycles. The third-order valence-electron chi connectivity index (χ3n) is 5.41. The normalized spacial score (nSPS) is 18.5. The number of carbonyl (C=O) groups is 1. The summed E-state index contributed by atoms with van der Waals surface area (Å²) >= 11 is 0. The number of benzene rings is 2. The van der Waals surface area contributed by atoms with Gasteiger partial charge in [-0.3, -0.25) is 4.79 Å². The van der Waals surface area contributed by atoms with Crippen molar-refractivity contribution in [1.29, 1.82) is 0 Å². The lowest BCUT2D eigenvalue weighted by molar-refractivity contribution is 0.102. The zero-order valence-corrected chi connectivity index (χ0v) is 16.5. The van der Waals surface area contributed by atoms with Crippen LogP contribution >= 0.6 is 0 Å². The van der Waals surface area contributed by atoms with E-state index in [1.165, 1.54) is 22.8 Å². The van der Waals surface area contributed by atoms with Gasteiger partial charge in [-0.05, 0) is 35.9 Å². The highest BCUT2D eigenvalue weighted by molar-refractivity contribution is 6.08. The molecule has 0 spiro atoms. The van der Waals surface area contributed by atoms with E-state index in [9.17, 15) is 13.6 Å². The van der Waals surface area contributed by atoms with Crippen LogP contribution in [0, 0.1) is 5.82 Å². The second kappa shape index (κ2) is 7.79. The predicted molar refractivity (Wildman–Crippen MR) is 113 cm³/mol. The molecule has 2 atom stereocenters. The number of nitrogens with zero attached hydrogens (tertiary/aromatic N) is 4. The number of fused-ring (bicyclic) bond motifs is 1. The average molecular weight is 419 g/mol. The summed E-state index contributed by atoms with van der Waals surface area (Å²) in [5.41, 5.74) is 2.03. The van der Waals surface area contributed by atoms with Crippen molar-refractivity contribution in [2.24, 2.45) is 0 Å². The van der Waals surface area contributed by atoms with Crippen molar-refractivity contribution in [2.45, 2.75) is 18.6 Å². The molecular formula is C23H19F2N5O. The Hall–Kier alpha value is -3.81. The van der Waals surface area contributed by atoms with Gasteiger partial charge in [0.25, 0.3) is 5.91 Å². The number of carbonyl (C=O) groups excluding carboxylic acids is 1. The second-order valence-corrected chi connectivity index (χ2v) is 7.49. The van der Waals surface area contributed by atoms with E-state index in [-0.39, 0.29) is 30.7 Å². The number of halogens is 2. The van der Waals surface area contributed by atoms with Crippen LogP contribution in [0.25, 0.3) is 5.65 Å². The van der Waals surface area contributed by atoms with Crippen molar-refractivity contribution in [1.82, 2.24) is 14.6 Å². The van der Waals surface area contributed by atoms with Crippen molar-refractivity contribution in [3.63, 3.8) is 0 Å². The van der Waals surface area contributed by atoms with E-state index in [1.54, 1.807) is 36.5 Å². The predicted octanol–water partition coefficient (Wildman–Crippen LogP) is 4.41. The number of nitrogens with one attached hydrogen (secondary N) is 1. The van der Waals surface area contributed by atoms with E-state index in [4.69, 9.17) is 0 Å². The first-order valence-corrected chi connectivity index (χ1v) is 9.95. The van der Waals surface area contributed by atoms with Gasteiger partial charge in [0.2, 0.25) is 0 Å². The molecule has 1 fully saturated rings. The van der Waals surface area contributed by atoms with Crippen LogP contribution < -0.4 is 10.2 Å². The van der Waals surface area contributed by atoms with Crippen LogP contribution in [0.5, 0.6) is 0 Å². The number of rotatable bonds is 4. The van der Waals surface area contributed by atoms with Crippen LogP contribution in [0.3, 0.4) is 0 Å². The maximum absolute atomic E-state index is 14.4. The molecule has 0 saturated carbocycles. The summed E-state index contributed by atoms with van der Waals surface area (Å²) < 4.78 is 29.6. The molecule has 1 saturated heterocycles. The van der Waals surface area contributed by atoms with Gasteiger partial charge in [0.05, 0.1) is 18.8 Å². The number of anilines is 2. The minimum atomic E-state index is -1.06. The van der Waals surface area contributed by atoms with Gasteiger partial charge >= 0.3 is 0 Å². The topological polar surface area (TPSA) is 62.5 Å². The fraction of sp³-hybridized carbons (Fsp3) is 0.174. The third-order valence-corrected chi connectivity index (χ3v) is 5.41. The fourth-order valence-electron chi connectivity index (χ4n) is 3.97. The van der Waals surface area contributed by atoms with Gasteiger partial charge in [-0.2, -0.15) is 5.10 Å². The van der Waals surface area contributed by atoms with Crippen molar-refractivity contribution >= 4 is 23.1 Å². The van der Waals surface area contributed by atoms with Gasteiger partial charge in [-0.15, -0.1) is 0 Å². The summed E-state index contributed by atoms with van der Waals surface area (Å²) in [6.45, 7) is 0.143. The molecule has 6 nitrogen and oxygen atoms in total. The summed E-state index contributed by atoms with van der Waals surface area (Å²) in [6, 6.07) is 16.7. The van der Waals surface area contributed by atoms with E-state index >= 15 is 0 Å². The Labute approximate surface area is 177 Å². The van der Waals surface area contributed by atoms with Crippen LogP contribution in [0.1, 0.15) is 28.4 Å². The third kappa shape index (κ3) is 3.72. The molecule has 2 aromatic heterocycles. The standard InChI is InChI=1S/C23H19F2N5O/c24-16-6-4-5-15(11-16)20-12-17(25)14-29(20)21-9-10-30-22(28-21)19(13-26-30)23(31)27-18-7-2-1-3-8-18/h1-11,13,17,20H,12,14H2,(H,27,31)/t17-,20?/m0/s1. The average Bonchev–Trinajstić information content (AvgIpc) is 3.37. The minimum Gasteiger partial charge on any atom is -0.346 e. The van der Waals surface area contributed by atoms with Crippen molar-refractivity contribution in [3.05, 3.63) is 90.0 Å². The Balaban J connectivity index is 1.49. The molecule has 0 bridgehead atoms. The smallest absolute Gasteiger partial charge is 0.261 e. The molecule has 156 valence electrons. The molecule has 5 rings (SSSR count). The van der Waals surface area contributed by atoms with Gasteiger partial charge in [-0.1, -0.05) is 30.3 Å². The molecule has 1 amide bonds. The summed E-state index contributed by atoms with van der Waals surface area (Å²) in [5.74, 6) is -0.188. The largest absolute Gasteiger partial charge is 0.346 e. The lowest BCUT2D eigenvalue weighted by Crippen LogP contribution is -2.25. The van der Waals surface area contributed by atoms with Gasteiger partial charge < -0.3 is 10.2 Å². The van der Waals surface area contributed by atoms with Crippen molar-refractivity contribution < 1.29 is 13.6 Å². The number of amides is 1. The van der Waals surface area contributed by atoms with E-state index < -0.39 is 6.17 Å². The molecule has 2 aromatic carbocycles. The summed E-state index contributed by atoms with van der Waals surface area (Å²) in [6.07, 6.45) is 2.33. The highest BCUT2D eigenvalue weighted by Gasteiger charge is 2.34. The fourth-order valence-corrected chi connectivity index (χ4v) is 3.97. The zero-order valence-electron chi connectivity index (χ0n) is 16.5. The Morgan fingerprint density at radius 1 is 1.10 bits per heavy atom. The van der Waals surface area contributed by atoms with Crippen LogP contribution in [0.2, 0.25) is 0 Å².